The van der Waals surface area contributed by atoms with E-state index in [1.54, 1.807) is 43.5 Å². The molecule has 4 aromatic rings. The van der Waals surface area contributed by atoms with Crippen molar-refractivity contribution in [2.45, 2.75) is 0 Å². The van der Waals surface area contributed by atoms with Gasteiger partial charge in [0.2, 0.25) is 5.89 Å². The van der Waals surface area contributed by atoms with E-state index in [0.717, 1.165) is 5.56 Å². The fourth-order valence-electron chi connectivity index (χ4n) is 2.76. The van der Waals surface area contributed by atoms with Crippen molar-refractivity contribution >= 4 is 45.9 Å². The normalized spacial score (nSPS) is 10.8. The van der Waals surface area contributed by atoms with Crippen LogP contribution in [0, 0.1) is 0 Å². The molecule has 5 nitrogen and oxygen atoms in total. The van der Waals surface area contributed by atoms with Gasteiger partial charge in [-0.25, -0.2) is 4.98 Å². The van der Waals surface area contributed by atoms with Crippen molar-refractivity contribution < 1.29 is 13.9 Å². The highest BCUT2D eigenvalue weighted by Gasteiger charge is 2.14. The molecule has 1 heterocycles. The summed E-state index contributed by atoms with van der Waals surface area (Å²) in [5, 5.41) is 3.34. The number of methoxy groups -OCH3 is 1. The summed E-state index contributed by atoms with van der Waals surface area (Å²) in [4.78, 5) is 17.0. The molecule has 1 aromatic heterocycles. The van der Waals surface area contributed by atoms with Crippen molar-refractivity contribution in [2.75, 3.05) is 12.4 Å². The van der Waals surface area contributed by atoms with Crippen LogP contribution < -0.4 is 10.1 Å². The zero-order valence-electron chi connectivity index (χ0n) is 14.7. The molecule has 1 amide bonds. The molecule has 0 aliphatic rings. The maximum atomic E-state index is 12.5. The highest BCUT2D eigenvalue weighted by atomic mass is 35.5. The lowest BCUT2D eigenvalue weighted by molar-refractivity contribution is 0.102. The highest BCUT2D eigenvalue weighted by Crippen LogP contribution is 2.29. The Hall–Kier alpha value is -3.02. The van der Waals surface area contributed by atoms with E-state index in [-0.39, 0.29) is 10.9 Å². The van der Waals surface area contributed by atoms with Gasteiger partial charge >= 0.3 is 0 Å². The highest BCUT2D eigenvalue weighted by molar-refractivity contribution is 6.44. The number of amides is 1. The Kier molecular flexibility index (Phi) is 4.94. The van der Waals surface area contributed by atoms with Crippen molar-refractivity contribution in [3.63, 3.8) is 0 Å². The van der Waals surface area contributed by atoms with E-state index in [0.29, 0.717) is 39.0 Å². The molecule has 0 aliphatic carbocycles. The van der Waals surface area contributed by atoms with Gasteiger partial charge in [-0.2, -0.15) is 0 Å². The number of aromatic nitrogens is 1. The fraction of sp³-hybridized carbons (Fsp3) is 0.0476. The van der Waals surface area contributed by atoms with Crippen LogP contribution in [0.25, 0.3) is 22.6 Å². The van der Waals surface area contributed by atoms with Gasteiger partial charge in [0, 0.05) is 11.3 Å². The van der Waals surface area contributed by atoms with E-state index >= 15 is 0 Å². The zero-order chi connectivity index (χ0) is 19.7. The molecular weight excluding hydrogens is 399 g/mol. The van der Waals surface area contributed by atoms with Crippen molar-refractivity contribution in [3.05, 3.63) is 76.3 Å². The van der Waals surface area contributed by atoms with Crippen LogP contribution in [-0.2, 0) is 0 Å². The molecule has 0 atom stereocenters. The second kappa shape index (κ2) is 7.54. The number of nitrogens with zero attached hydrogens (tertiary/aromatic N) is 1. The summed E-state index contributed by atoms with van der Waals surface area (Å²) in [5.74, 6) is 0.824. The van der Waals surface area contributed by atoms with Gasteiger partial charge in [-0.15, -0.1) is 0 Å². The lowest BCUT2D eigenvalue weighted by atomic mass is 10.2. The number of halogens is 2. The minimum absolute atomic E-state index is 0.212. The number of hydrogen-bond acceptors (Lipinski definition) is 4. The molecule has 3 aromatic carbocycles. The van der Waals surface area contributed by atoms with Crippen molar-refractivity contribution in [1.29, 1.82) is 0 Å². The first-order valence-electron chi connectivity index (χ1n) is 8.35. The van der Waals surface area contributed by atoms with Crippen LogP contribution in [0.2, 0.25) is 10.0 Å². The average molecular weight is 413 g/mol. The van der Waals surface area contributed by atoms with Crippen LogP contribution in [0.15, 0.2) is 65.1 Å². The molecule has 0 fully saturated rings. The summed E-state index contributed by atoms with van der Waals surface area (Å²) >= 11 is 12.1. The Morgan fingerprint density at radius 2 is 1.89 bits per heavy atom. The van der Waals surface area contributed by atoms with Gasteiger partial charge in [0.25, 0.3) is 5.91 Å². The molecule has 1 N–H and O–H groups in total. The fourth-order valence-corrected chi connectivity index (χ4v) is 3.15. The molecule has 0 saturated carbocycles. The first-order valence-corrected chi connectivity index (χ1v) is 9.11. The van der Waals surface area contributed by atoms with Crippen LogP contribution >= 0.6 is 23.2 Å². The zero-order valence-corrected chi connectivity index (χ0v) is 16.2. The molecule has 0 saturated heterocycles. The molecule has 0 spiro atoms. The average Bonchev–Trinajstić information content (AvgIpc) is 3.13. The lowest BCUT2D eigenvalue weighted by Crippen LogP contribution is -2.12. The van der Waals surface area contributed by atoms with Crippen LogP contribution in [-0.4, -0.2) is 18.0 Å². The maximum Gasteiger partial charge on any atom is 0.257 e. The number of rotatable bonds is 4. The molecule has 0 unspecified atom stereocenters. The Bertz CT molecular complexity index is 1190. The Morgan fingerprint density at radius 1 is 1.07 bits per heavy atom. The summed E-state index contributed by atoms with van der Waals surface area (Å²) < 4.78 is 11.1. The van der Waals surface area contributed by atoms with Gasteiger partial charge in [-0.05, 0) is 48.5 Å². The summed E-state index contributed by atoms with van der Waals surface area (Å²) in [7, 11) is 1.60. The van der Waals surface area contributed by atoms with Gasteiger partial charge in [-0.3, -0.25) is 4.79 Å². The molecule has 0 radical (unpaired) electrons. The van der Waals surface area contributed by atoms with E-state index in [9.17, 15) is 4.79 Å². The number of nitrogens with one attached hydrogen (secondary N) is 1. The van der Waals surface area contributed by atoms with Crippen LogP contribution in [0.4, 0.5) is 5.69 Å². The number of carbonyl (C=O) groups excluding carboxylic acids is 1. The predicted molar refractivity (Wildman–Crippen MR) is 110 cm³/mol. The molecule has 7 heteroatoms. The Balaban J connectivity index is 1.63. The monoisotopic (exact) mass is 412 g/mol. The summed E-state index contributed by atoms with van der Waals surface area (Å²) in [6.45, 7) is 0. The lowest BCUT2D eigenvalue weighted by Gasteiger charge is -2.07. The number of anilines is 1. The second-order valence-electron chi connectivity index (χ2n) is 5.99. The molecule has 0 aliphatic heterocycles. The summed E-state index contributed by atoms with van der Waals surface area (Å²) in [5.41, 5.74) is 2.89. The molecule has 4 rings (SSSR count). The summed E-state index contributed by atoms with van der Waals surface area (Å²) in [6.07, 6.45) is 0. The molecular formula is C21H14Cl2N2O3. The number of fused-ring (bicyclic) bond motifs is 1. The Morgan fingerprint density at radius 3 is 2.71 bits per heavy atom. The minimum atomic E-state index is -0.358. The van der Waals surface area contributed by atoms with Gasteiger partial charge in [0.05, 0.1) is 22.7 Å². The van der Waals surface area contributed by atoms with E-state index in [1.807, 2.05) is 24.3 Å². The summed E-state index contributed by atoms with van der Waals surface area (Å²) in [6, 6.07) is 17.6. The van der Waals surface area contributed by atoms with Crippen molar-refractivity contribution in [2.24, 2.45) is 0 Å². The minimum Gasteiger partial charge on any atom is -0.497 e. The Labute approximate surface area is 170 Å². The van der Waals surface area contributed by atoms with Crippen molar-refractivity contribution in [3.8, 4) is 17.2 Å². The third kappa shape index (κ3) is 3.54. The third-order valence-corrected chi connectivity index (χ3v) is 4.98. The number of ether oxygens (including phenoxy) is 1. The first-order chi connectivity index (χ1) is 13.5. The number of carbonyl (C=O) groups is 1. The molecule has 140 valence electrons. The van der Waals surface area contributed by atoms with Crippen LogP contribution in [0.3, 0.4) is 0 Å². The van der Waals surface area contributed by atoms with Gasteiger partial charge in [0.1, 0.15) is 11.3 Å². The van der Waals surface area contributed by atoms with E-state index in [1.165, 1.54) is 0 Å². The smallest absolute Gasteiger partial charge is 0.257 e. The predicted octanol–water partition coefficient (Wildman–Crippen LogP) is 6.06. The van der Waals surface area contributed by atoms with Crippen LogP contribution in [0.5, 0.6) is 5.75 Å². The largest absolute Gasteiger partial charge is 0.497 e. The van der Waals surface area contributed by atoms with Gasteiger partial charge < -0.3 is 14.5 Å². The SMILES string of the molecule is COc1cccc(-c2nc3cc(NC(=O)c4cccc(Cl)c4Cl)ccc3o2)c1. The van der Waals surface area contributed by atoms with Crippen LogP contribution in [0.1, 0.15) is 10.4 Å². The quantitative estimate of drug-likeness (QED) is 0.442. The van der Waals surface area contributed by atoms with E-state index in [4.69, 9.17) is 32.4 Å². The van der Waals surface area contributed by atoms with E-state index < -0.39 is 0 Å². The molecule has 0 bridgehead atoms. The van der Waals surface area contributed by atoms with Gasteiger partial charge in [0.15, 0.2) is 5.58 Å². The maximum absolute atomic E-state index is 12.5. The number of hydrogen-bond donors (Lipinski definition) is 1. The second-order valence-corrected chi connectivity index (χ2v) is 6.77. The number of oxazole rings is 1. The first kappa shape index (κ1) is 18.3. The van der Waals surface area contributed by atoms with E-state index in [2.05, 4.69) is 10.3 Å². The topological polar surface area (TPSA) is 64.4 Å². The van der Waals surface area contributed by atoms with Crippen molar-refractivity contribution in [1.82, 2.24) is 4.98 Å². The van der Waals surface area contributed by atoms with Gasteiger partial charge in [-0.1, -0.05) is 35.3 Å². The standard InChI is InChI=1S/C21H14Cl2N2O3/c1-27-14-5-2-4-12(10-14)21-25-17-11-13(8-9-18(17)28-21)24-20(26)15-6-3-7-16(22)19(15)23/h2-11H,1H3,(H,24,26). The number of benzene rings is 3. The third-order valence-electron chi connectivity index (χ3n) is 4.16. The molecule has 28 heavy (non-hydrogen) atoms.